The molecular weight excluding hydrogens is 155 g/mol. The van der Waals surface area contributed by atoms with Gasteiger partial charge >= 0.3 is 5.97 Å². The Labute approximate surface area is 85.9 Å². The molecule has 0 amide bonds. The van der Waals surface area contributed by atoms with E-state index in [0.717, 1.165) is 0 Å². The molecule has 11 heavy (non-hydrogen) atoms. The Hall–Kier alpha value is -0.450. The minimum absolute atomic E-state index is 0. The van der Waals surface area contributed by atoms with Gasteiger partial charge in [0.15, 0.2) is 0 Å². The summed E-state index contributed by atoms with van der Waals surface area (Å²) in [6.07, 6.45) is 2.92. The average molecular weight is 161 g/mol. The molecule has 0 unspecified atom stereocenters. The molecule has 0 aliphatic carbocycles. The molecule has 1 rings (SSSR count). The molecule has 1 radical (unpaired) electrons. The molecule has 5 heteroatoms. The van der Waals surface area contributed by atoms with Crippen molar-refractivity contribution in [2.75, 3.05) is 0 Å². The maximum Gasteiger partial charge on any atom is 0.307 e. The minimum Gasteiger partial charge on any atom is -0.481 e. The second-order valence-corrected chi connectivity index (χ2v) is 1.82. The van der Waals surface area contributed by atoms with Crippen LogP contribution in [0.4, 0.5) is 0 Å². The van der Waals surface area contributed by atoms with Crippen molar-refractivity contribution in [3.05, 3.63) is 24.0 Å². The number of hydrogen-bond acceptors (Lipinski definition) is 3. The van der Waals surface area contributed by atoms with Crippen LogP contribution in [0.5, 0.6) is 0 Å². The first kappa shape index (κ1) is 10.6. The van der Waals surface area contributed by atoms with Crippen molar-refractivity contribution >= 4 is 35.5 Å². The second-order valence-electron chi connectivity index (χ2n) is 1.82. The fourth-order valence-electron chi connectivity index (χ4n) is 0.597. The molecule has 1 aromatic rings. The van der Waals surface area contributed by atoms with E-state index in [2.05, 4.69) is 10.2 Å². The number of carbonyl (C=O) groups is 1. The molecule has 1 aromatic heterocycles. The summed E-state index contributed by atoms with van der Waals surface area (Å²) in [6.45, 7) is 0. The predicted octanol–water partition coefficient (Wildman–Crippen LogP) is -0.277. The third kappa shape index (κ3) is 4.08. The van der Waals surface area contributed by atoms with Gasteiger partial charge in [-0.25, -0.2) is 0 Å². The molecular formula is C6H6N2NaO2. The van der Waals surface area contributed by atoms with E-state index in [4.69, 9.17) is 5.11 Å². The van der Waals surface area contributed by atoms with Gasteiger partial charge in [0, 0.05) is 35.8 Å². The van der Waals surface area contributed by atoms with Gasteiger partial charge < -0.3 is 5.11 Å². The normalized spacial score (nSPS) is 8.36. The zero-order chi connectivity index (χ0) is 7.40. The molecule has 0 bridgehead atoms. The van der Waals surface area contributed by atoms with E-state index in [1.165, 1.54) is 12.4 Å². The number of hydrogen-bond donors (Lipinski definition) is 1. The van der Waals surface area contributed by atoms with Crippen LogP contribution in [0.25, 0.3) is 0 Å². The number of aromatic nitrogens is 2. The van der Waals surface area contributed by atoms with Gasteiger partial charge in [-0.2, -0.15) is 10.2 Å². The van der Waals surface area contributed by atoms with Crippen LogP contribution in [0.1, 0.15) is 5.56 Å². The van der Waals surface area contributed by atoms with Crippen molar-refractivity contribution in [3.63, 3.8) is 0 Å². The van der Waals surface area contributed by atoms with Crippen LogP contribution in [0, 0.1) is 0 Å². The summed E-state index contributed by atoms with van der Waals surface area (Å²) in [5.74, 6) is -0.854. The molecule has 0 aromatic carbocycles. The summed E-state index contributed by atoms with van der Waals surface area (Å²) >= 11 is 0. The van der Waals surface area contributed by atoms with Crippen molar-refractivity contribution in [1.82, 2.24) is 10.2 Å². The Kier molecular flexibility index (Phi) is 5.02. The van der Waals surface area contributed by atoms with Gasteiger partial charge in [-0.15, -0.1) is 0 Å². The van der Waals surface area contributed by atoms with Crippen LogP contribution in [0.2, 0.25) is 0 Å². The quantitative estimate of drug-likeness (QED) is 0.606. The van der Waals surface area contributed by atoms with E-state index in [9.17, 15) is 4.79 Å². The Morgan fingerprint density at radius 3 is 2.73 bits per heavy atom. The molecule has 0 aliphatic heterocycles. The Balaban J connectivity index is 0.000001000. The molecule has 0 spiro atoms. The standard InChI is InChI=1S/C6H6N2O2.Na/c9-6(10)3-5-1-2-7-8-4-5;/h1-2,4H,3H2,(H,9,10);. The Morgan fingerprint density at radius 1 is 1.55 bits per heavy atom. The number of rotatable bonds is 2. The van der Waals surface area contributed by atoms with Gasteiger partial charge in [-0.1, -0.05) is 0 Å². The molecule has 4 nitrogen and oxygen atoms in total. The van der Waals surface area contributed by atoms with Crippen LogP contribution in [-0.4, -0.2) is 50.8 Å². The predicted molar refractivity (Wildman–Crippen MR) is 39.1 cm³/mol. The van der Waals surface area contributed by atoms with Crippen LogP contribution < -0.4 is 0 Å². The molecule has 0 aliphatic rings. The van der Waals surface area contributed by atoms with Gasteiger partial charge in [0.05, 0.1) is 12.6 Å². The summed E-state index contributed by atoms with van der Waals surface area (Å²) in [7, 11) is 0. The van der Waals surface area contributed by atoms with Crippen LogP contribution >= 0.6 is 0 Å². The first-order valence-electron chi connectivity index (χ1n) is 2.76. The Bertz CT molecular complexity index is 227. The Morgan fingerprint density at radius 2 is 2.27 bits per heavy atom. The van der Waals surface area contributed by atoms with E-state index in [0.29, 0.717) is 5.56 Å². The fraction of sp³-hybridized carbons (Fsp3) is 0.167. The molecule has 0 saturated heterocycles. The summed E-state index contributed by atoms with van der Waals surface area (Å²) in [5, 5.41) is 15.4. The zero-order valence-corrected chi connectivity index (χ0v) is 8.19. The second kappa shape index (κ2) is 5.23. The van der Waals surface area contributed by atoms with E-state index >= 15 is 0 Å². The van der Waals surface area contributed by atoms with Gasteiger partial charge in [-0.05, 0) is 11.6 Å². The minimum atomic E-state index is -0.854. The summed E-state index contributed by atoms with van der Waals surface area (Å²) in [6, 6.07) is 1.63. The number of carboxylic acid groups (broad SMARTS) is 1. The molecule has 0 saturated carbocycles. The van der Waals surface area contributed by atoms with E-state index in [1.54, 1.807) is 6.07 Å². The third-order valence-electron chi connectivity index (χ3n) is 1.00. The maximum atomic E-state index is 10.1. The molecule has 1 N–H and O–H groups in total. The molecule has 53 valence electrons. The maximum absolute atomic E-state index is 10.1. The first-order valence-corrected chi connectivity index (χ1v) is 2.76. The van der Waals surface area contributed by atoms with Crippen LogP contribution in [-0.2, 0) is 11.2 Å². The van der Waals surface area contributed by atoms with Gasteiger partial charge in [-0.3, -0.25) is 4.79 Å². The smallest absolute Gasteiger partial charge is 0.307 e. The van der Waals surface area contributed by atoms with Gasteiger partial charge in [0.25, 0.3) is 0 Å². The summed E-state index contributed by atoms with van der Waals surface area (Å²) < 4.78 is 0. The van der Waals surface area contributed by atoms with Crippen LogP contribution in [0.15, 0.2) is 18.5 Å². The SMILES string of the molecule is O=C(O)Cc1ccnnc1.[Na]. The van der Waals surface area contributed by atoms with E-state index < -0.39 is 5.97 Å². The van der Waals surface area contributed by atoms with Crippen LogP contribution in [0.3, 0.4) is 0 Å². The topological polar surface area (TPSA) is 63.1 Å². The van der Waals surface area contributed by atoms with Crippen molar-refractivity contribution in [2.45, 2.75) is 6.42 Å². The van der Waals surface area contributed by atoms with Crippen molar-refractivity contribution in [2.24, 2.45) is 0 Å². The first-order chi connectivity index (χ1) is 4.79. The zero-order valence-electron chi connectivity index (χ0n) is 6.19. The largest absolute Gasteiger partial charge is 0.481 e. The van der Waals surface area contributed by atoms with Gasteiger partial charge in [0.1, 0.15) is 0 Å². The monoisotopic (exact) mass is 161 g/mol. The summed E-state index contributed by atoms with van der Waals surface area (Å²) in [5.41, 5.74) is 0.669. The molecule has 0 atom stereocenters. The van der Waals surface area contributed by atoms with Crippen molar-refractivity contribution in [1.29, 1.82) is 0 Å². The van der Waals surface area contributed by atoms with Crippen molar-refractivity contribution < 1.29 is 9.90 Å². The number of nitrogens with zero attached hydrogens (tertiary/aromatic N) is 2. The third-order valence-corrected chi connectivity index (χ3v) is 1.00. The number of carboxylic acids is 1. The van der Waals surface area contributed by atoms with E-state index in [-0.39, 0.29) is 36.0 Å². The molecule has 0 fully saturated rings. The van der Waals surface area contributed by atoms with E-state index in [1.807, 2.05) is 0 Å². The summed E-state index contributed by atoms with van der Waals surface area (Å²) in [4.78, 5) is 10.1. The molecule has 1 heterocycles. The fourth-order valence-corrected chi connectivity index (χ4v) is 0.597. The van der Waals surface area contributed by atoms with Gasteiger partial charge in [0.2, 0.25) is 0 Å². The average Bonchev–Trinajstić information content (AvgIpc) is 1.88. The van der Waals surface area contributed by atoms with Crippen molar-refractivity contribution in [3.8, 4) is 0 Å². The number of aliphatic carboxylic acids is 1.